The van der Waals surface area contributed by atoms with Gasteiger partial charge in [-0.2, -0.15) is 11.8 Å². The number of rotatable bonds is 6. The Morgan fingerprint density at radius 1 is 1.17 bits per heavy atom. The van der Waals surface area contributed by atoms with Gasteiger partial charge in [-0.05, 0) is 73.1 Å². The first-order valence-electron chi connectivity index (χ1n) is 10.8. The van der Waals surface area contributed by atoms with E-state index in [1.165, 1.54) is 26.7 Å². The van der Waals surface area contributed by atoms with Crippen molar-refractivity contribution in [3.8, 4) is 0 Å². The van der Waals surface area contributed by atoms with Gasteiger partial charge in [0.2, 0.25) is 0 Å². The summed E-state index contributed by atoms with van der Waals surface area (Å²) in [7, 11) is 0. The summed E-state index contributed by atoms with van der Waals surface area (Å²) in [4.78, 5) is 2.85. The SMILES string of the molecule is CCSCCCO.Cc1ccc(SC2=C3C(=CCC2)OCC2COCCC32)cc1. The lowest BCUT2D eigenvalue weighted by molar-refractivity contribution is -0.0214. The molecule has 0 saturated carbocycles. The lowest BCUT2D eigenvalue weighted by atomic mass is 9.78. The Balaban J connectivity index is 0.000000298. The summed E-state index contributed by atoms with van der Waals surface area (Å²) < 4.78 is 11.7. The van der Waals surface area contributed by atoms with Crippen LogP contribution < -0.4 is 0 Å². The Morgan fingerprint density at radius 2 is 2.00 bits per heavy atom. The van der Waals surface area contributed by atoms with Crippen molar-refractivity contribution >= 4 is 23.5 Å². The molecule has 1 N–H and O–H groups in total. The van der Waals surface area contributed by atoms with E-state index in [1.54, 1.807) is 0 Å². The van der Waals surface area contributed by atoms with E-state index in [-0.39, 0.29) is 0 Å². The molecule has 3 aliphatic rings. The van der Waals surface area contributed by atoms with E-state index < -0.39 is 0 Å². The zero-order valence-corrected chi connectivity index (χ0v) is 19.3. The van der Waals surface area contributed by atoms with Crippen LogP contribution in [0.2, 0.25) is 0 Å². The standard InChI is InChI=1S/C19H22O2S.C5H12OS/c1-13-5-7-15(8-6-13)22-18-4-2-3-17-19(18)16-9-10-20-11-14(16)12-21-17;1-2-7-5-3-4-6/h3,5-8,14,16H,2,4,9-12H2,1H3;6H,2-5H2,1H3. The predicted molar refractivity (Wildman–Crippen MR) is 124 cm³/mol. The Labute approximate surface area is 184 Å². The molecular weight excluding hydrogens is 400 g/mol. The number of hydrogen-bond acceptors (Lipinski definition) is 5. The number of hydrogen-bond donors (Lipinski definition) is 1. The zero-order valence-electron chi connectivity index (χ0n) is 17.7. The van der Waals surface area contributed by atoms with Crippen molar-refractivity contribution in [3.05, 3.63) is 52.1 Å². The molecule has 0 spiro atoms. The van der Waals surface area contributed by atoms with Gasteiger partial charge in [-0.1, -0.05) is 36.4 Å². The van der Waals surface area contributed by atoms with Gasteiger partial charge >= 0.3 is 0 Å². The van der Waals surface area contributed by atoms with Crippen molar-refractivity contribution in [2.45, 2.75) is 44.4 Å². The van der Waals surface area contributed by atoms with Gasteiger partial charge in [0.05, 0.1) is 13.2 Å². The Hall–Kier alpha value is -0.880. The fourth-order valence-corrected chi connectivity index (χ4v) is 5.71. The summed E-state index contributed by atoms with van der Waals surface area (Å²) in [5, 5.41) is 8.28. The number of aliphatic hydroxyl groups excluding tert-OH is 1. The second-order valence-electron chi connectivity index (χ2n) is 7.67. The van der Waals surface area contributed by atoms with Crippen LogP contribution in [-0.4, -0.2) is 43.0 Å². The number of aliphatic hydroxyl groups is 1. The molecule has 4 rings (SSSR count). The van der Waals surface area contributed by atoms with Crippen molar-refractivity contribution < 1.29 is 14.6 Å². The number of fused-ring (bicyclic) bond motifs is 3. The molecular formula is C24H34O3S2. The van der Waals surface area contributed by atoms with Crippen LogP contribution in [0.3, 0.4) is 0 Å². The lowest BCUT2D eigenvalue weighted by Gasteiger charge is -2.40. The van der Waals surface area contributed by atoms with Gasteiger partial charge in [0.25, 0.3) is 0 Å². The molecule has 0 radical (unpaired) electrons. The number of benzene rings is 1. The third-order valence-electron chi connectivity index (χ3n) is 5.48. The van der Waals surface area contributed by atoms with Crippen LogP contribution in [0, 0.1) is 18.8 Å². The molecule has 5 heteroatoms. The summed E-state index contributed by atoms with van der Waals surface area (Å²) >= 11 is 3.81. The van der Waals surface area contributed by atoms with E-state index in [0.717, 1.165) is 57.0 Å². The monoisotopic (exact) mass is 434 g/mol. The average Bonchev–Trinajstić information content (AvgIpc) is 2.76. The summed E-state index contributed by atoms with van der Waals surface area (Å²) in [6, 6.07) is 8.86. The van der Waals surface area contributed by atoms with Gasteiger partial charge in [-0.15, -0.1) is 0 Å². The van der Waals surface area contributed by atoms with E-state index in [2.05, 4.69) is 44.2 Å². The molecule has 29 heavy (non-hydrogen) atoms. The van der Waals surface area contributed by atoms with Crippen LogP contribution in [0.4, 0.5) is 0 Å². The van der Waals surface area contributed by atoms with Gasteiger partial charge in [-0.25, -0.2) is 0 Å². The molecule has 0 amide bonds. The second kappa shape index (κ2) is 12.1. The quantitative estimate of drug-likeness (QED) is 0.571. The van der Waals surface area contributed by atoms with Gasteiger partial charge in [0.15, 0.2) is 0 Å². The van der Waals surface area contributed by atoms with E-state index >= 15 is 0 Å². The van der Waals surface area contributed by atoms with Crippen LogP contribution in [-0.2, 0) is 9.47 Å². The molecule has 1 aromatic carbocycles. The van der Waals surface area contributed by atoms with Crippen molar-refractivity contribution in [1.29, 1.82) is 0 Å². The fourth-order valence-electron chi connectivity index (χ4n) is 3.95. The Morgan fingerprint density at radius 3 is 2.76 bits per heavy atom. The predicted octanol–water partition coefficient (Wildman–Crippen LogP) is 5.82. The van der Waals surface area contributed by atoms with Gasteiger partial charge in [0, 0.05) is 29.6 Å². The average molecular weight is 435 g/mol. The van der Waals surface area contributed by atoms with E-state index in [4.69, 9.17) is 14.6 Å². The minimum absolute atomic E-state index is 0.340. The highest BCUT2D eigenvalue weighted by molar-refractivity contribution is 8.03. The molecule has 160 valence electrons. The first kappa shape index (κ1) is 22.8. The van der Waals surface area contributed by atoms with Gasteiger partial charge < -0.3 is 14.6 Å². The van der Waals surface area contributed by atoms with Crippen LogP contribution in [0.1, 0.15) is 38.2 Å². The number of aryl methyl sites for hydroxylation is 1. The topological polar surface area (TPSA) is 38.7 Å². The molecule has 3 nitrogen and oxygen atoms in total. The summed E-state index contributed by atoms with van der Waals surface area (Å²) in [5.41, 5.74) is 2.80. The highest BCUT2D eigenvalue weighted by Crippen LogP contribution is 2.47. The normalized spacial score (nSPS) is 23.2. The number of thioether (sulfide) groups is 2. The van der Waals surface area contributed by atoms with E-state index in [1.807, 2.05) is 23.5 Å². The zero-order chi connectivity index (χ0) is 20.5. The lowest BCUT2D eigenvalue weighted by Crippen LogP contribution is -2.37. The van der Waals surface area contributed by atoms with Crippen LogP contribution in [0.15, 0.2) is 51.5 Å². The summed E-state index contributed by atoms with van der Waals surface area (Å²) in [5.74, 6) is 4.59. The molecule has 1 aliphatic carbocycles. The third kappa shape index (κ3) is 6.55. The molecule has 1 aromatic rings. The number of allylic oxidation sites excluding steroid dienone is 3. The first-order chi connectivity index (χ1) is 14.2. The molecule has 2 aliphatic heterocycles. The maximum Gasteiger partial charge on any atom is 0.119 e. The van der Waals surface area contributed by atoms with Crippen LogP contribution in [0.5, 0.6) is 0 Å². The fraction of sp³-hybridized carbons (Fsp3) is 0.583. The van der Waals surface area contributed by atoms with Crippen LogP contribution >= 0.6 is 23.5 Å². The Kier molecular flexibility index (Phi) is 9.50. The first-order valence-corrected chi connectivity index (χ1v) is 12.8. The van der Waals surface area contributed by atoms with E-state index in [0.29, 0.717) is 18.4 Å². The van der Waals surface area contributed by atoms with Gasteiger partial charge in [-0.3, -0.25) is 0 Å². The van der Waals surface area contributed by atoms with Crippen LogP contribution in [0.25, 0.3) is 0 Å². The highest BCUT2D eigenvalue weighted by Gasteiger charge is 2.38. The minimum atomic E-state index is 0.340. The molecule has 2 atom stereocenters. The van der Waals surface area contributed by atoms with Crippen molar-refractivity contribution in [3.63, 3.8) is 0 Å². The van der Waals surface area contributed by atoms with Crippen molar-refractivity contribution in [2.75, 3.05) is 37.9 Å². The number of ether oxygens (including phenoxy) is 2. The van der Waals surface area contributed by atoms with Crippen molar-refractivity contribution in [2.24, 2.45) is 11.8 Å². The molecule has 2 heterocycles. The summed E-state index contributed by atoms with van der Waals surface area (Å²) in [6.07, 6.45) is 6.61. The smallest absolute Gasteiger partial charge is 0.119 e. The molecule has 2 saturated heterocycles. The third-order valence-corrected chi connectivity index (χ3v) is 7.64. The van der Waals surface area contributed by atoms with Gasteiger partial charge in [0.1, 0.15) is 5.76 Å². The molecule has 0 aromatic heterocycles. The van der Waals surface area contributed by atoms with E-state index in [9.17, 15) is 0 Å². The summed E-state index contributed by atoms with van der Waals surface area (Å²) in [6.45, 7) is 7.17. The second-order valence-corrected chi connectivity index (χ2v) is 10.2. The Bertz CT molecular complexity index is 693. The minimum Gasteiger partial charge on any atom is -0.493 e. The largest absolute Gasteiger partial charge is 0.493 e. The van der Waals surface area contributed by atoms with Crippen molar-refractivity contribution in [1.82, 2.24) is 0 Å². The maximum absolute atomic E-state index is 8.28. The molecule has 2 unspecified atom stereocenters. The molecule has 2 fully saturated rings. The highest BCUT2D eigenvalue weighted by atomic mass is 32.2. The maximum atomic E-state index is 8.28. The molecule has 0 bridgehead atoms.